The molecule has 0 unspecified atom stereocenters. The number of carbonyl (C=O) groups excluding carboxylic acids is 1. The molecule has 0 saturated carbocycles. The fourth-order valence-corrected chi connectivity index (χ4v) is 2.01. The molecule has 22 heavy (non-hydrogen) atoms. The van der Waals surface area contributed by atoms with E-state index in [1.165, 1.54) is 10.8 Å². The van der Waals surface area contributed by atoms with Gasteiger partial charge in [-0.15, -0.1) is 0 Å². The third-order valence-corrected chi connectivity index (χ3v) is 3.22. The Bertz CT molecular complexity index is 676. The van der Waals surface area contributed by atoms with E-state index in [1.54, 1.807) is 19.1 Å². The first kappa shape index (κ1) is 16.2. The molecule has 8 heteroatoms. The molecular weight excluding hydrogens is 290 g/mol. The largest absolute Gasteiger partial charge is 0.463 e. The lowest BCUT2D eigenvalue weighted by molar-refractivity contribution is -0.147. The zero-order valence-electron chi connectivity index (χ0n) is 12.3. The van der Waals surface area contributed by atoms with Crippen LogP contribution < -0.4 is 17.0 Å². The van der Waals surface area contributed by atoms with Crippen LogP contribution in [0.3, 0.4) is 0 Å². The maximum Gasteiger partial charge on any atom is 0.330 e. The Labute approximate surface area is 126 Å². The van der Waals surface area contributed by atoms with Gasteiger partial charge >= 0.3 is 11.7 Å². The molecule has 3 N–H and O–H groups in total. The number of ether oxygens (including phenoxy) is 2. The second kappa shape index (κ2) is 7.19. The highest BCUT2D eigenvalue weighted by Crippen LogP contribution is 2.19. The number of hydrogen-bond donors (Lipinski definition) is 2. The van der Waals surface area contributed by atoms with Gasteiger partial charge in [-0.2, -0.15) is 0 Å². The van der Waals surface area contributed by atoms with Crippen LogP contribution >= 0.6 is 0 Å². The number of hydrogen-bond acceptors (Lipinski definition) is 6. The van der Waals surface area contributed by atoms with Crippen LogP contribution in [-0.4, -0.2) is 34.8 Å². The van der Waals surface area contributed by atoms with E-state index in [2.05, 4.69) is 4.98 Å². The van der Waals surface area contributed by atoms with Crippen molar-refractivity contribution in [3.8, 4) is 0 Å². The van der Waals surface area contributed by atoms with Crippen molar-refractivity contribution in [1.29, 1.82) is 0 Å². The first-order chi connectivity index (χ1) is 10.5. The van der Waals surface area contributed by atoms with E-state index in [0.29, 0.717) is 18.5 Å². The summed E-state index contributed by atoms with van der Waals surface area (Å²) in [6.45, 7) is 2.11. The van der Waals surface area contributed by atoms with Gasteiger partial charge in [0.25, 0.3) is 5.56 Å². The standard InChI is InChI=1S/C14H19N3O5/c1-9-7-17(14(20)16-13(9)19)11-5-4-10(22-11)8-21-12(18)3-2-6-15/h4-5,7,10-11H,2-3,6,8,15H2,1H3,(H,16,19,20)/t10-,11+/m0/s1. The van der Waals surface area contributed by atoms with Gasteiger partial charge in [0.1, 0.15) is 12.7 Å². The van der Waals surface area contributed by atoms with Gasteiger partial charge in [0.15, 0.2) is 6.23 Å². The van der Waals surface area contributed by atoms with Crippen molar-refractivity contribution in [3.05, 3.63) is 44.8 Å². The van der Waals surface area contributed by atoms with E-state index >= 15 is 0 Å². The Morgan fingerprint density at radius 3 is 2.95 bits per heavy atom. The summed E-state index contributed by atoms with van der Waals surface area (Å²) in [5.41, 5.74) is 4.75. The summed E-state index contributed by atoms with van der Waals surface area (Å²) in [6, 6.07) is 0. The first-order valence-electron chi connectivity index (χ1n) is 7.03. The highest BCUT2D eigenvalue weighted by molar-refractivity contribution is 5.69. The van der Waals surface area contributed by atoms with Gasteiger partial charge in [0.2, 0.25) is 0 Å². The lowest BCUT2D eigenvalue weighted by Gasteiger charge is -2.16. The molecule has 2 atom stereocenters. The Kier molecular flexibility index (Phi) is 5.29. The molecule has 0 bridgehead atoms. The molecule has 1 aromatic rings. The molecule has 0 saturated heterocycles. The third-order valence-electron chi connectivity index (χ3n) is 3.22. The number of H-pyrrole nitrogens is 1. The molecule has 1 aliphatic rings. The summed E-state index contributed by atoms with van der Waals surface area (Å²) in [5, 5.41) is 0. The van der Waals surface area contributed by atoms with E-state index in [9.17, 15) is 14.4 Å². The summed E-state index contributed by atoms with van der Waals surface area (Å²) in [5.74, 6) is -0.331. The van der Waals surface area contributed by atoms with Gasteiger partial charge in [-0.05, 0) is 26.0 Å². The van der Waals surface area contributed by atoms with Crippen LogP contribution in [0.2, 0.25) is 0 Å². The normalized spacial score (nSPS) is 20.3. The summed E-state index contributed by atoms with van der Waals surface area (Å²) >= 11 is 0. The number of nitrogens with two attached hydrogens (primary N) is 1. The van der Waals surface area contributed by atoms with Crippen LogP contribution in [0.4, 0.5) is 0 Å². The summed E-state index contributed by atoms with van der Waals surface area (Å²) in [4.78, 5) is 36.7. The lowest BCUT2D eigenvalue weighted by atomic mass is 10.3. The molecule has 1 aliphatic heterocycles. The molecule has 0 radical (unpaired) electrons. The highest BCUT2D eigenvalue weighted by Gasteiger charge is 2.23. The van der Waals surface area contributed by atoms with Crippen LogP contribution in [0.5, 0.6) is 0 Å². The molecule has 0 fully saturated rings. The number of nitrogens with one attached hydrogen (secondary N) is 1. The molecule has 0 amide bonds. The van der Waals surface area contributed by atoms with Crippen LogP contribution in [-0.2, 0) is 14.3 Å². The van der Waals surface area contributed by atoms with Gasteiger partial charge in [0.05, 0.1) is 0 Å². The van der Waals surface area contributed by atoms with Gasteiger partial charge in [-0.3, -0.25) is 19.1 Å². The fraction of sp³-hybridized carbons (Fsp3) is 0.500. The Morgan fingerprint density at radius 1 is 1.45 bits per heavy atom. The number of nitrogens with zero attached hydrogens (tertiary/aromatic N) is 1. The van der Waals surface area contributed by atoms with Crippen LogP contribution in [0.25, 0.3) is 0 Å². The summed E-state index contributed by atoms with van der Waals surface area (Å²) < 4.78 is 12.0. The molecule has 2 heterocycles. The molecule has 0 aromatic carbocycles. The van der Waals surface area contributed by atoms with Crippen molar-refractivity contribution < 1.29 is 14.3 Å². The molecule has 0 spiro atoms. The van der Waals surface area contributed by atoms with Crippen molar-refractivity contribution in [2.45, 2.75) is 32.1 Å². The summed E-state index contributed by atoms with van der Waals surface area (Å²) in [7, 11) is 0. The smallest absolute Gasteiger partial charge is 0.330 e. The van der Waals surface area contributed by atoms with E-state index < -0.39 is 23.6 Å². The van der Waals surface area contributed by atoms with E-state index in [4.69, 9.17) is 15.2 Å². The molecule has 2 rings (SSSR count). The molecule has 1 aromatic heterocycles. The lowest BCUT2D eigenvalue weighted by Crippen LogP contribution is -2.33. The second-order valence-electron chi connectivity index (χ2n) is 5.00. The topological polar surface area (TPSA) is 116 Å². The highest BCUT2D eigenvalue weighted by atomic mass is 16.6. The molecule has 8 nitrogen and oxygen atoms in total. The average Bonchev–Trinajstić information content (AvgIpc) is 2.95. The monoisotopic (exact) mass is 309 g/mol. The van der Waals surface area contributed by atoms with Gasteiger partial charge < -0.3 is 15.2 Å². The third kappa shape index (κ3) is 3.92. The number of aromatic nitrogens is 2. The minimum absolute atomic E-state index is 0.0769. The molecular formula is C14H19N3O5. The minimum Gasteiger partial charge on any atom is -0.463 e. The number of aromatic amines is 1. The molecule has 0 aliphatic carbocycles. The number of esters is 1. The number of rotatable bonds is 6. The first-order valence-corrected chi connectivity index (χ1v) is 7.03. The van der Waals surface area contributed by atoms with E-state index in [-0.39, 0.29) is 19.0 Å². The van der Waals surface area contributed by atoms with Crippen molar-refractivity contribution in [3.63, 3.8) is 0 Å². The van der Waals surface area contributed by atoms with Crippen LogP contribution in [0.15, 0.2) is 27.9 Å². The Balaban J connectivity index is 1.93. The molecule has 120 valence electrons. The average molecular weight is 309 g/mol. The van der Waals surface area contributed by atoms with Gasteiger partial charge in [-0.25, -0.2) is 4.79 Å². The summed E-state index contributed by atoms with van der Waals surface area (Å²) in [6.07, 6.45) is 4.63. The Hall–Kier alpha value is -2.19. The van der Waals surface area contributed by atoms with E-state index in [0.717, 1.165) is 0 Å². The zero-order chi connectivity index (χ0) is 16.1. The Morgan fingerprint density at radius 2 is 2.23 bits per heavy atom. The van der Waals surface area contributed by atoms with Gasteiger partial charge in [-0.1, -0.05) is 6.08 Å². The predicted molar refractivity (Wildman–Crippen MR) is 78.4 cm³/mol. The van der Waals surface area contributed by atoms with Crippen molar-refractivity contribution in [2.75, 3.05) is 13.2 Å². The maximum atomic E-state index is 11.8. The maximum absolute atomic E-state index is 11.8. The van der Waals surface area contributed by atoms with Gasteiger partial charge in [0, 0.05) is 18.2 Å². The SMILES string of the molecule is Cc1cn([C@H]2C=C[C@@H](COC(=O)CCCN)O2)c(=O)[nH]c1=O. The predicted octanol–water partition coefficient (Wildman–Crippen LogP) is -0.419. The van der Waals surface area contributed by atoms with E-state index in [1.807, 2.05) is 0 Å². The zero-order valence-corrected chi connectivity index (χ0v) is 12.3. The number of aryl methyl sites for hydroxylation is 1. The van der Waals surface area contributed by atoms with Crippen LogP contribution in [0, 0.1) is 6.92 Å². The minimum atomic E-state index is -0.629. The van der Waals surface area contributed by atoms with Crippen molar-refractivity contribution in [1.82, 2.24) is 9.55 Å². The fourth-order valence-electron chi connectivity index (χ4n) is 2.01. The van der Waals surface area contributed by atoms with Crippen molar-refractivity contribution in [2.24, 2.45) is 5.73 Å². The van der Waals surface area contributed by atoms with Crippen LogP contribution in [0.1, 0.15) is 24.6 Å². The second-order valence-corrected chi connectivity index (χ2v) is 5.00. The van der Waals surface area contributed by atoms with Crippen molar-refractivity contribution >= 4 is 5.97 Å². The quantitative estimate of drug-likeness (QED) is 0.544. The number of carbonyl (C=O) groups is 1.